The quantitative estimate of drug-likeness (QED) is 0.678. The minimum absolute atomic E-state index is 0.658. The third-order valence-corrected chi connectivity index (χ3v) is 1.61. The van der Waals surface area contributed by atoms with Gasteiger partial charge in [-0.3, -0.25) is 0 Å². The van der Waals surface area contributed by atoms with Crippen LogP contribution in [-0.2, 0) is 0 Å². The summed E-state index contributed by atoms with van der Waals surface area (Å²) in [5, 5.41) is 0.865. The Labute approximate surface area is 63.3 Å². The monoisotopic (exact) mass is 161 g/mol. The number of rotatable bonds is 3. The Kier molecular flexibility index (Phi) is 2.86. The molecular weight excluding hydrogens is 154 g/mol. The molecule has 0 atom stereocenters. The summed E-state index contributed by atoms with van der Waals surface area (Å²) >= 11 is 5.49. The fourth-order valence-corrected chi connectivity index (χ4v) is 1.01. The number of ether oxygens (including phenoxy) is 1. The van der Waals surface area contributed by atoms with Crippen molar-refractivity contribution in [1.29, 1.82) is 0 Å². The topological polar surface area (TPSA) is 22.1 Å². The van der Waals surface area contributed by atoms with E-state index in [9.17, 15) is 0 Å². The van der Waals surface area contributed by atoms with Crippen molar-refractivity contribution in [1.82, 2.24) is 4.98 Å². The smallest absolute Gasteiger partial charge is 0.193 e. The van der Waals surface area contributed by atoms with Gasteiger partial charge in [0.1, 0.15) is 0 Å². The van der Waals surface area contributed by atoms with Crippen LogP contribution >= 0.6 is 24.0 Å². The summed E-state index contributed by atoms with van der Waals surface area (Å²) in [4.78, 5) is 3.84. The summed E-state index contributed by atoms with van der Waals surface area (Å²) in [6.45, 7) is 0.658. The maximum atomic E-state index is 5.17. The van der Waals surface area contributed by atoms with Crippen LogP contribution in [0.15, 0.2) is 11.7 Å². The van der Waals surface area contributed by atoms with Gasteiger partial charge in [-0.05, 0) is 0 Å². The summed E-state index contributed by atoms with van der Waals surface area (Å²) < 4.78 is 5.17. The predicted octanol–water partition coefficient (Wildman–Crippen LogP) is 1.45. The van der Waals surface area contributed by atoms with Gasteiger partial charge in [0.25, 0.3) is 0 Å². The van der Waals surface area contributed by atoms with Gasteiger partial charge in [-0.25, -0.2) is 4.98 Å². The number of thiazole rings is 1. The molecule has 0 aromatic carbocycles. The third-order valence-electron chi connectivity index (χ3n) is 0.745. The first-order valence-electron chi connectivity index (χ1n) is 2.55. The summed E-state index contributed by atoms with van der Waals surface area (Å²) in [5.41, 5.74) is 1.74. The van der Waals surface area contributed by atoms with E-state index in [1.807, 2.05) is 0 Å². The van der Waals surface area contributed by atoms with E-state index in [1.165, 1.54) is 11.3 Å². The van der Waals surface area contributed by atoms with Gasteiger partial charge < -0.3 is 4.74 Å². The van der Waals surface area contributed by atoms with E-state index in [1.54, 1.807) is 11.7 Å². The Bertz CT molecular complexity index is 152. The summed E-state index contributed by atoms with van der Waals surface area (Å²) in [5.74, 6) is 0.748. The van der Waals surface area contributed by atoms with Crippen LogP contribution in [0.5, 0.6) is 5.06 Å². The molecule has 1 rings (SSSR count). The zero-order valence-electron chi connectivity index (χ0n) is 4.78. The van der Waals surface area contributed by atoms with Crippen molar-refractivity contribution in [2.45, 2.75) is 0 Å². The van der Waals surface area contributed by atoms with Crippen LogP contribution in [0.4, 0.5) is 0 Å². The molecule has 0 saturated carbocycles. The molecule has 2 nitrogen and oxygen atoms in total. The Morgan fingerprint density at radius 2 is 2.67 bits per heavy atom. The van der Waals surface area contributed by atoms with Gasteiger partial charge in [-0.2, -0.15) is 12.6 Å². The molecule has 0 bridgehead atoms. The number of nitrogens with zero attached hydrogens (tertiary/aromatic N) is 1. The van der Waals surface area contributed by atoms with E-state index >= 15 is 0 Å². The summed E-state index contributed by atoms with van der Waals surface area (Å²) in [6.07, 6.45) is 1.70. The Balaban J connectivity index is 2.30. The Morgan fingerprint density at radius 3 is 3.22 bits per heavy atom. The van der Waals surface area contributed by atoms with Gasteiger partial charge in [0.2, 0.25) is 0 Å². The van der Waals surface area contributed by atoms with Crippen molar-refractivity contribution in [3.8, 4) is 5.06 Å². The fourth-order valence-electron chi connectivity index (χ4n) is 0.422. The largest absolute Gasteiger partial charge is 0.482 e. The van der Waals surface area contributed by atoms with Crippen LogP contribution in [-0.4, -0.2) is 17.3 Å². The lowest BCUT2D eigenvalue weighted by Gasteiger charge is -1.95. The van der Waals surface area contributed by atoms with E-state index in [0.29, 0.717) is 6.61 Å². The second-order valence-electron chi connectivity index (χ2n) is 1.39. The molecule has 0 radical (unpaired) electrons. The number of aromatic nitrogens is 1. The summed E-state index contributed by atoms with van der Waals surface area (Å²) in [7, 11) is 0. The molecule has 1 aromatic rings. The lowest BCUT2D eigenvalue weighted by atomic mass is 10.8. The molecule has 9 heavy (non-hydrogen) atoms. The van der Waals surface area contributed by atoms with E-state index < -0.39 is 0 Å². The van der Waals surface area contributed by atoms with Crippen molar-refractivity contribution in [3.63, 3.8) is 0 Å². The van der Waals surface area contributed by atoms with Crippen LogP contribution in [0.25, 0.3) is 0 Å². The van der Waals surface area contributed by atoms with Crippen molar-refractivity contribution >= 4 is 24.0 Å². The van der Waals surface area contributed by atoms with E-state index in [0.717, 1.165) is 10.8 Å². The highest BCUT2D eigenvalue weighted by Crippen LogP contribution is 2.14. The zero-order valence-corrected chi connectivity index (χ0v) is 6.49. The first kappa shape index (κ1) is 6.89. The minimum Gasteiger partial charge on any atom is -0.482 e. The van der Waals surface area contributed by atoms with Crippen LogP contribution in [0.2, 0.25) is 0 Å². The van der Waals surface area contributed by atoms with Crippen molar-refractivity contribution in [2.75, 3.05) is 12.4 Å². The SMILES string of the molecule is SCCOc1cncs1. The van der Waals surface area contributed by atoms with Crippen LogP contribution in [0.3, 0.4) is 0 Å². The second kappa shape index (κ2) is 3.74. The molecule has 1 heterocycles. The highest BCUT2D eigenvalue weighted by Gasteiger charge is 1.90. The van der Waals surface area contributed by atoms with Gasteiger partial charge in [0.15, 0.2) is 5.06 Å². The Hall–Kier alpha value is -0.220. The molecule has 1 aromatic heterocycles. The van der Waals surface area contributed by atoms with Crippen molar-refractivity contribution in [2.24, 2.45) is 0 Å². The molecule has 0 saturated heterocycles. The lowest BCUT2D eigenvalue weighted by Crippen LogP contribution is -1.95. The minimum atomic E-state index is 0.658. The van der Waals surface area contributed by atoms with Gasteiger partial charge in [-0.1, -0.05) is 11.3 Å². The van der Waals surface area contributed by atoms with Crippen LogP contribution in [0, 0.1) is 0 Å². The number of hydrogen-bond donors (Lipinski definition) is 1. The van der Waals surface area contributed by atoms with Crippen LogP contribution in [0.1, 0.15) is 0 Å². The van der Waals surface area contributed by atoms with E-state index in [-0.39, 0.29) is 0 Å². The van der Waals surface area contributed by atoms with Gasteiger partial charge in [-0.15, -0.1) is 0 Å². The number of hydrogen-bond acceptors (Lipinski definition) is 4. The first-order chi connectivity index (χ1) is 4.43. The average molecular weight is 161 g/mol. The van der Waals surface area contributed by atoms with Crippen molar-refractivity contribution in [3.05, 3.63) is 11.7 Å². The molecule has 0 aliphatic heterocycles. The maximum absolute atomic E-state index is 5.17. The highest BCUT2D eigenvalue weighted by molar-refractivity contribution is 7.80. The lowest BCUT2D eigenvalue weighted by molar-refractivity contribution is 0.354. The molecular formula is C5H7NOS2. The molecule has 0 fully saturated rings. The molecule has 0 spiro atoms. The predicted molar refractivity (Wildman–Crippen MR) is 41.5 cm³/mol. The first-order valence-corrected chi connectivity index (χ1v) is 4.07. The zero-order chi connectivity index (χ0) is 6.53. The van der Waals surface area contributed by atoms with E-state index in [4.69, 9.17) is 4.74 Å². The average Bonchev–Trinajstić information content (AvgIpc) is 2.34. The molecule has 0 aliphatic carbocycles. The highest BCUT2D eigenvalue weighted by atomic mass is 32.1. The normalized spacial score (nSPS) is 9.44. The Morgan fingerprint density at radius 1 is 1.78 bits per heavy atom. The number of thiol groups is 1. The molecule has 0 N–H and O–H groups in total. The fraction of sp³-hybridized carbons (Fsp3) is 0.400. The van der Waals surface area contributed by atoms with Gasteiger partial charge >= 0.3 is 0 Å². The van der Waals surface area contributed by atoms with Crippen molar-refractivity contribution < 1.29 is 4.74 Å². The third kappa shape index (κ3) is 2.24. The standard InChI is InChI=1S/C5H7NOS2/c8-2-1-7-5-3-6-4-9-5/h3-4,8H,1-2H2. The van der Waals surface area contributed by atoms with Gasteiger partial charge in [0.05, 0.1) is 18.3 Å². The molecule has 0 amide bonds. The second-order valence-corrected chi connectivity index (χ2v) is 2.69. The van der Waals surface area contributed by atoms with Gasteiger partial charge in [0, 0.05) is 5.75 Å². The van der Waals surface area contributed by atoms with Crippen LogP contribution < -0.4 is 4.74 Å². The molecule has 0 aliphatic rings. The molecule has 50 valence electrons. The molecule has 4 heteroatoms. The van der Waals surface area contributed by atoms with E-state index in [2.05, 4.69) is 17.6 Å². The maximum Gasteiger partial charge on any atom is 0.193 e. The molecule has 0 unspecified atom stereocenters. The summed E-state index contributed by atoms with van der Waals surface area (Å²) in [6, 6.07) is 0.